The van der Waals surface area contributed by atoms with Crippen molar-refractivity contribution in [2.24, 2.45) is 0 Å². The molecule has 0 aliphatic heterocycles. The Labute approximate surface area is 96.5 Å². The van der Waals surface area contributed by atoms with Gasteiger partial charge in [0.1, 0.15) is 11.3 Å². The normalized spacial score (nSPS) is 10.8. The zero-order valence-corrected chi connectivity index (χ0v) is 8.81. The van der Waals surface area contributed by atoms with Gasteiger partial charge >= 0.3 is 5.97 Å². The molecule has 0 bridgehead atoms. The maximum absolute atomic E-state index is 10.8. The van der Waals surface area contributed by atoms with Gasteiger partial charge in [0.2, 0.25) is 0 Å². The molecule has 2 N–H and O–H groups in total. The van der Waals surface area contributed by atoms with Gasteiger partial charge < -0.3 is 14.5 Å². The number of carboxylic acid groups (broad SMARTS) is 1. The van der Waals surface area contributed by atoms with Gasteiger partial charge in [0.15, 0.2) is 5.76 Å². The third kappa shape index (κ3) is 1.59. The molecule has 17 heavy (non-hydrogen) atoms. The number of carbonyl (C=O) groups is 1. The number of para-hydroxylation sites is 1. The van der Waals surface area contributed by atoms with Crippen molar-refractivity contribution >= 4 is 16.9 Å². The van der Waals surface area contributed by atoms with Crippen molar-refractivity contribution in [1.82, 2.24) is 4.98 Å². The van der Waals surface area contributed by atoms with E-state index in [4.69, 9.17) is 9.52 Å². The largest absolute Gasteiger partial charge is 0.477 e. The van der Waals surface area contributed by atoms with Gasteiger partial charge in [-0.2, -0.15) is 0 Å². The number of furan rings is 1. The Kier molecular flexibility index (Phi) is 2.01. The van der Waals surface area contributed by atoms with Crippen LogP contribution in [0.2, 0.25) is 0 Å². The van der Waals surface area contributed by atoms with Gasteiger partial charge in [-0.25, -0.2) is 4.79 Å². The first-order chi connectivity index (χ1) is 8.24. The van der Waals surface area contributed by atoms with Gasteiger partial charge in [-0.15, -0.1) is 0 Å². The summed E-state index contributed by atoms with van der Waals surface area (Å²) < 4.78 is 5.62. The molecule has 0 saturated carbocycles. The van der Waals surface area contributed by atoms with Crippen LogP contribution in [0.1, 0.15) is 10.5 Å². The van der Waals surface area contributed by atoms with Crippen LogP contribution in [-0.4, -0.2) is 16.1 Å². The number of carboxylic acids is 1. The maximum Gasteiger partial charge on any atom is 0.352 e. The molecule has 2 heterocycles. The molecule has 84 valence electrons. The van der Waals surface area contributed by atoms with E-state index < -0.39 is 5.97 Å². The summed E-state index contributed by atoms with van der Waals surface area (Å²) in [6.45, 7) is 0. The Balaban J connectivity index is 2.10. The number of rotatable bonds is 2. The Morgan fingerprint density at radius 3 is 2.71 bits per heavy atom. The molecule has 3 aromatic rings. The molecule has 0 unspecified atom stereocenters. The van der Waals surface area contributed by atoms with E-state index in [2.05, 4.69) is 4.98 Å². The van der Waals surface area contributed by atoms with Crippen LogP contribution >= 0.6 is 0 Å². The van der Waals surface area contributed by atoms with Crippen molar-refractivity contribution in [3.8, 4) is 11.5 Å². The van der Waals surface area contributed by atoms with Gasteiger partial charge in [0.05, 0.1) is 5.69 Å². The SMILES string of the molecule is O=C(O)c1ccc(-c2cc3ccccc3o2)[nH]1. The van der Waals surface area contributed by atoms with E-state index in [9.17, 15) is 4.79 Å². The zero-order valence-electron chi connectivity index (χ0n) is 8.81. The van der Waals surface area contributed by atoms with Gasteiger partial charge in [-0.3, -0.25) is 0 Å². The lowest BCUT2D eigenvalue weighted by Crippen LogP contribution is -1.95. The van der Waals surface area contributed by atoms with Crippen molar-refractivity contribution in [1.29, 1.82) is 0 Å². The minimum Gasteiger partial charge on any atom is -0.477 e. The topological polar surface area (TPSA) is 66.2 Å². The smallest absolute Gasteiger partial charge is 0.352 e. The Morgan fingerprint density at radius 1 is 1.18 bits per heavy atom. The molecule has 0 amide bonds. The molecule has 4 heteroatoms. The number of hydrogen-bond acceptors (Lipinski definition) is 2. The predicted octanol–water partition coefficient (Wildman–Crippen LogP) is 3.13. The number of benzene rings is 1. The molecule has 4 nitrogen and oxygen atoms in total. The summed E-state index contributed by atoms with van der Waals surface area (Å²) in [6.07, 6.45) is 0. The number of H-pyrrole nitrogens is 1. The van der Waals surface area contributed by atoms with Gasteiger partial charge in [-0.05, 0) is 24.3 Å². The molecule has 2 aromatic heterocycles. The number of aromatic carboxylic acids is 1. The van der Waals surface area contributed by atoms with Gasteiger partial charge in [0.25, 0.3) is 0 Å². The molecule has 0 spiro atoms. The van der Waals surface area contributed by atoms with E-state index in [-0.39, 0.29) is 5.69 Å². The molecule has 1 aromatic carbocycles. The van der Waals surface area contributed by atoms with Crippen LogP contribution in [0.3, 0.4) is 0 Å². The number of nitrogens with one attached hydrogen (secondary N) is 1. The summed E-state index contributed by atoms with van der Waals surface area (Å²) in [5.41, 5.74) is 1.60. The van der Waals surface area contributed by atoms with Gasteiger partial charge in [0, 0.05) is 5.39 Å². The summed E-state index contributed by atoms with van der Waals surface area (Å²) in [5.74, 6) is -0.342. The maximum atomic E-state index is 10.8. The lowest BCUT2D eigenvalue weighted by molar-refractivity contribution is 0.0691. The quantitative estimate of drug-likeness (QED) is 0.706. The van der Waals surface area contributed by atoms with Crippen molar-refractivity contribution < 1.29 is 14.3 Å². The monoisotopic (exact) mass is 227 g/mol. The summed E-state index contributed by atoms with van der Waals surface area (Å²) >= 11 is 0. The first-order valence-electron chi connectivity index (χ1n) is 5.15. The molecular weight excluding hydrogens is 218 g/mol. The fourth-order valence-electron chi connectivity index (χ4n) is 1.78. The highest BCUT2D eigenvalue weighted by atomic mass is 16.4. The average molecular weight is 227 g/mol. The van der Waals surface area contributed by atoms with Crippen molar-refractivity contribution in [3.05, 3.63) is 48.2 Å². The Morgan fingerprint density at radius 2 is 2.00 bits per heavy atom. The minimum absolute atomic E-state index is 0.153. The first-order valence-corrected chi connectivity index (χ1v) is 5.15. The lowest BCUT2D eigenvalue weighted by atomic mass is 10.2. The predicted molar refractivity (Wildman–Crippen MR) is 63.0 cm³/mol. The highest BCUT2D eigenvalue weighted by Crippen LogP contribution is 2.26. The second kappa shape index (κ2) is 3.52. The standard InChI is InChI=1S/C13H9NO3/c15-13(16)10-6-5-9(14-10)12-7-8-3-1-2-4-11(8)17-12/h1-7,14H,(H,15,16). The molecule has 0 atom stereocenters. The van der Waals surface area contributed by atoms with E-state index >= 15 is 0 Å². The summed E-state index contributed by atoms with van der Waals surface area (Å²) in [5, 5.41) is 9.82. The average Bonchev–Trinajstić information content (AvgIpc) is 2.95. The van der Waals surface area contributed by atoms with Crippen LogP contribution in [-0.2, 0) is 0 Å². The third-order valence-corrected chi connectivity index (χ3v) is 2.61. The first kappa shape index (κ1) is 9.72. The fraction of sp³-hybridized carbons (Fsp3) is 0. The van der Waals surface area contributed by atoms with Crippen LogP contribution < -0.4 is 0 Å². The number of aromatic nitrogens is 1. The zero-order chi connectivity index (χ0) is 11.8. The summed E-state index contributed by atoms with van der Waals surface area (Å²) in [6, 6.07) is 12.7. The summed E-state index contributed by atoms with van der Waals surface area (Å²) in [7, 11) is 0. The second-order valence-electron chi connectivity index (χ2n) is 3.74. The number of fused-ring (bicyclic) bond motifs is 1. The Hall–Kier alpha value is -2.49. The molecule has 3 rings (SSSR count). The van der Waals surface area contributed by atoms with Crippen LogP contribution in [0, 0.1) is 0 Å². The molecule has 0 aliphatic carbocycles. The molecule has 0 saturated heterocycles. The van der Waals surface area contributed by atoms with Crippen molar-refractivity contribution in [2.45, 2.75) is 0 Å². The lowest BCUT2D eigenvalue weighted by Gasteiger charge is -1.90. The molecular formula is C13H9NO3. The van der Waals surface area contributed by atoms with Crippen molar-refractivity contribution in [3.63, 3.8) is 0 Å². The van der Waals surface area contributed by atoms with E-state index in [0.29, 0.717) is 11.5 Å². The highest BCUT2D eigenvalue weighted by molar-refractivity contribution is 5.87. The van der Waals surface area contributed by atoms with Crippen molar-refractivity contribution in [2.75, 3.05) is 0 Å². The van der Waals surface area contributed by atoms with Crippen LogP contribution in [0.15, 0.2) is 46.9 Å². The highest BCUT2D eigenvalue weighted by Gasteiger charge is 2.10. The number of hydrogen-bond donors (Lipinski definition) is 2. The fourth-order valence-corrected chi connectivity index (χ4v) is 1.78. The second-order valence-corrected chi connectivity index (χ2v) is 3.74. The minimum atomic E-state index is -0.979. The Bertz CT molecular complexity index is 660. The van der Waals surface area contributed by atoms with Crippen LogP contribution in [0.4, 0.5) is 0 Å². The van der Waals surface area contributed by atoms with Crippen LogP contribution in [0.5, 0.6) is 0 Å². The summed E-state index contributed by atoms with van der Waals surface area (Å²) in [4.78, 5) is 13.6. The molecule has 0 aliphatic rings. The van der Waals surface area contributed by atoms with E-state index in [1.165, 1.54) is 6.07 Å². The van der Waals surface area contributed by atoms with E-state index in [0.717, 1.165) is 11.0 Å². The van der Waals surface area contributed by atoms with Gasteiger partial charge in [-0.1, -0.05) is 18.2 Å². The van der Waals surface area contributed by atoms with Crippen LogP contribution in [0.25, 0.3) is 22.4 Å². The van der Waals surface area contributed by atoms with E-state index in [1.54, 1.807) is 6.07 Å². The molecule has 0 fully saturated rings. The number of aromatic amines is 1. The van der Waals surface area contributed by atoms with E-state index in [1.807, 2.05) is 30.3 Å². The molecule has 0 radical (unpaired) electrons. The third-order valence-electron chi connectivity index (χ3n) is 2.61.